The van der Waals surface area contributed by atoms with Crippen molar-refractivity contribution >= 4 is 22.1 Å². The summed E-state index contributed by atoms with van der Waals surface area (Å²) in [7, 11) is 1.55. The zero-order valence-electron chi connectivity index (χ0n) is 15.8. The lowest BCUT2D eigenvalue weighted by molar-refractivity contribution is 0.419. The smallest absolute Gasteiger partial charge is 0.200 e. The number of methoxy groups -OCH3 is 1. The van der Waals surface area contributed by atoms with Gasteiger partial charge in [0, 0.05) is 11.6 Å². The van der Waals surface area contributed by atoms with E-state index in [0.29, 0.717) is 45.4 Å². The Bertz CT molecular complexity index is 1280. The van der Waals surface area contributed by atoms with Crippen molar-refractivity contribution in [3.05, 3.63) is 64.4 Å². The van der Waals surface area contributed by atoms with Crippen molar-refractivity contribution in [3.63, 3.8) is 0 Å². The summed E-state index contributed by atoms with van der Waals surface area (Å²) in [6, 6.07) is 6.23. The van der Waals surface area contributed by atoms with Crippen molar-refractivity contribution in [2.24, 2.45) is 0 Å². The Kier molecular flexibility index (Phi) is 4.39. The zero-order chi connectivity index (χ0) is 19.8. The maximum atomic E-state index is 13.2. The highest BCUT2D eigenvalue weighted by atomic mass is 16.5. The molecule has 0 bridgehead atoms. The summed E-state index contributed by atoms with van der Waals surface area (Å²) in [5.41, 5.74) is 4.37. The number of allylic oxidation sites excluding steroid dienone is 2. The van der Waals surface area contributed by atoms with Crippen LogP contribution in [0.1, 0.15) is 19.4 Å². The summed E-state index contributed by atoms with van der Waals surface area (Å²) < 4.78 is 16.8. The highest BCUT2D eigenvalue weighted by Gasteiger charge is 2.20. The van der Waals surface area contributed by atoms with Crippen LogP contribution in [0.25, 0.3) is 33.2 Å². The summed E-state index contributed by atoms with van der Waals surface area (Å²) in [6.07, 6.45) is 5.41. The molecule has 0 saturated carbocycles. The van der Waals surface area contributed by atoms with E-state index in [0.717, 1.165) is 11.1 Å². The largest absolute Gasteiger partial charge is 0.508 e. The monoisotopic (exact) mass is 377 g/mol. The van der Waals surface area contributed by atoms with E-state index in [1.165, 1.54) is 24.8 Å². The van der Waals surface area contributed by atoms with Crippen LogP contribution in [0.5, 0.6) is 11.5 Å². The van der Waals surface area contributed by atoms with Crippen LogP contribution in [0, 0.1) is 0 Å². The molecule has 0 aliphatic heterocycles. The number of phenolic OH excluding ortho intramolecular Hbond substituents is 1. The number of rotatable bonds is 4. The molecule has 0 atom stereocenters. The molecule has 4 aromatic rings. The predicted octanol–water partition coefficient (Wildman–Crippen LogP) is 4.82. The third-order valence-corrected chi connectivity index (χ3v) is 4.66. The van der Waals surface area contributed by atoms with Gasteiger partial charge in [0.15, 0.2) is 17.5 Å². The van der Waals surface area contributed by atoms with Gasteiger partial charge < -0.3 is 18.7 Å². The van der Waals surface area contributed by atoms with Crippen LogP contribution in [0.2, 0.25) is 0 Å². The maximum Gasteiger partial charge on any atom is 0.200 e. The first kappa shape index (κ1) is 17.9. The Hall–Kier alpha value is -3.54. The van der Waals surface area contributed by atoms with Crippen LogP contribution in [-0.2, 0) is 6.42 Å². The SMILES string of the molecule is COc1cc(-c2coc3cc(O)ccc3c2=O)c(CC=C(C)C)c2ocnc12. The molecule has 0 aliphatic rings. The van der Waals surface area contributed by atoms with Crippen LogP contribution in [-0.4, -0.2) is 17.2 Å². The molecule has 1 N–H and O–H groups in total. The van der Waals surface area contributed by atoms with E-state index < -0.39 is 0 Å². The third kappa shape index (κ3) is 2.93. The molecule has 0 fully saturated rings. The number of aromatic nitrogens is 1. The molecule has 2 aromatic carbocycles. The van der Waals surface area contributed by atoms with Gasteiger partial charge in [-0.1, -0.05) is 11.6 Å². The minimum Gasteiger partial charge on any atom is -0.508 e. The molecule has 0 saturated heterocycles. The van der Waals surface area contributed by atoms with Gasteiger partial charge in [0.25, 0.3) is 0 Å². The quantitative estimate of drug-likeness (QED) is 0.513. The first-order chi connectivity index (χ1) is 13.5. The van der Waals surface area contributed by atoms with E-state index in [9.17, 15) is 9.90 Å². The molecule has 0 unspecified atom stereocenters. The number of ether oxygens (including phenoxy) is 1. The highest BCUT2D eigenvalue weighted by molar-refractivity contribution is 5.92. The van der Waals surface area contributed by atoms with Crippen molar-refractivity contribution in [3.8, 4) is 22.6 Å². The second-order valence-corrected chi connectivity index (χ2v) is 6.78. The van der Waals surface area contributed by atoms with E-state index in [-0.39, 0.29) is 11.2 Å². The lowest BCUT2D eigenvalue weighted by Gasteiger charge is -2.12. The number of oxazole rings is 1. The maximum absolute atomic E-state index is 13.2. The fourth-order valence-corrected chi connectivity index (χ4v) is 3.25. The number of fused-ring (bicyclic) bond motifs is 2. The van der Waals surface area contributed by atoms with Gasteiger partial charge in [-0.25, -0.2) is 4.98 Å². The molecule has 0 aliphatic carbocycles. The molecular formula is C22H19NO5. The minimum atomic E-state index is -0.194. The molecule has 6 nitrogen and oxygen atoms in total. The van der Waals surface area contributed by atoms with Crippen LogP contribution < -0.4 is 10.2 Å². The summed E-state index contributed by atoms with van der Waals surface area (Å²) in [5.74, 6) is 0.558. The van der Waals surface area contributed by atoms with E-state index in [2.05, 4.69) is 11.1 Å². The average molecular weight is 377 g/mol. The van der Waals surface area contributed by atoms with E-state index in [1.807, 2.05) is 13.8 Å². The molecule has 2 heterocycles. The first-order valence-electron chi connectivity index (χ1n) is 8.81. The average Bonchev–Trinajstić information content (AvgIpc) is 3.15. The lowest BCUT2D eigenvalue weighted by atomic mass is 9.95. The number of hydrogen-bond acceptors (Lipinski definition) is 6. The molecule has 6 heteroatoms. The Morgan fingerprint density at radius 3 is 2.79 bits per heavy atom. The molecule has 0 radical (unpaired) electrons. The van der Waals surface area contributed by atoms with Crippen molar-refractivity contribution < 1.29 is 18.7 Å². The Labute approximate surface area is 160 Å². The number of phenols is 1. The van der Waals surface area contributed by atoms with Crippen molar-refractivity contribution in [1.29, 1.82) is 0 Å². The third-order valence-electron chi connectivity index (χ3n) is 4.66. The normalized spacial score (nSPS) is 11.1. The standard InChI is InChI=1S/C22H19NO5/c1-12(2)4-6-14-16(9-19(26-3)20-22(14)28-11-23-20)17-10-27-18-8-13(24)5-7-15(18)21(17)25/h4-5,7-11,24H,6H2,1-3H3. The van der Waals surface area contributed by atoms with Gasteiger partial charge in [0.05, 0.1) is 18.1 Å². The molecule has 0 spiro atoms. The Morgan fingerprint density at radius 1 is 1.21 bits per heavy atom. The van der Waals surface area contributed by atoms with Crippen molar-refractivity contribution in [2.45, 2.75) is 20.3 Å². The van der Waals surface area contributed by atoms with E-state index in [1.54, 1.807) is 19.2 Å². The zero-order valence-corrected chi connectivity index (χ0v) is 15.8. The molecule has 0 amide bonds. The Morgan fingerprint density at radius 2 is 2.04 bits per heavy atom. The van der Waals surface area contributed by atoms with Gasteiger partial charge >= 0.3 is 0 Å². The fourth-order valence-electron chi connectivity index (χ4n) is 3.25. The molecule has 28 heavy (non-hydrogen) atoms. The summed E-state index contributed by atoms with van der Waals surface area (Å²) in [5, 5.41) is 10.0. The lowest BCUT2D eigenvalue weighted by Crippen LogP contribution is -2.07. The molecular weight excluding hydrogens is 358 g/mol. The van der Waals surface area contributed by atoms with E-state index in [4.69, 9.17) is 13.6 Å². The number of nitrogens with zero attached hydrogens (tertiary/aromatic N) is 1. The number of aromatic hydroxyl groups is 1. The van der Waals surface area contributed by atoms with Crippen LogP contribution in [0.4, 0.5) is 0 Å². The molecule has 2 aromatic heterocycles. The van der Waals surface area contributed by atoms with Crippen molar-refractivity contribution in [1.82, 2.24) is 4.98 Å². The van der Waals surface area contributed by atoms with Gasteiger partial charge in [-0.15, -0.1) is 0 Å². The van der Waals surface area contributed by atoms with Gasteiger partial charge in [-0.05, 0) is 44.0 Å². The van der Waals surface area contributed by atoms with Crippen LogP contribution in [0.3, 0.4) is 0 Å². The number of hydrogen-bond donors (Lipinski definition) is 1. The van der Waals surface area contributed by atoms with Crippen LogP contribution in [0.15, 0.2) is 62.2 Å². The molecule has 142 valence electrons. The minimum absolute atomic E-state index is 0.0393. The van der Waals surface area contributed by atoms with Crippen molar-refractivity contribution in [2.75, 3.05) is 7.11 Å². The predicted molar refractivity (Wildman–Crippen MR) is 107 cm³/mol. The fraction of sp³-hybridized carbons (Fsp3) is 0.182. The first-order valence-corrected chi connectivity index (χ1v) is 8.81. The van der Waals surface area contributed by atoms with Gasteiger partial charge in [-0.2, -0.15) is 0 Å². The summed E-state index contributed by atoms with van der Waals surface area (Å²) >= 11 is 0. The highest BCUT2D eigenvalue weighted by Crippen LogP contribution is 2.36. The van der Waals surface area contributed by atoms with Crippen LogP contribution >= 0.6 is 0 Å². The van der Waals surface area contributed by atoms with Gasteiger partial charge in [0.2, 0.25) is 5.43 Å². The number of benzene rings is 2. The second kappa shape index (κ2) is 6.88. The van der Waals surface area contributed by atoms with Gasteiger partial charge in [0.1, 0.15) is 23.3 Å². The van der Waals surface area contributed by atoms with Gasteiger partial charge in [-0.3, -0.25) is 4.79 Å². The summed E-state index contributed by atoms with van der Waals surface area (Å²) in [6.45, 7) is 4.02. The van der Waals surface area contributed by atoms with E-state index >= 15 is 0 Å². The molecule has 4 rings (SSSR count). The Balaban J connectivity index is 2.05. The summed E-state index contributed by atoms with van der Waals surface area (Å²) in [4.78, 5) is 17.4. The second-order valence-electron chi connectivity index (χ2n) is 6.78. The topological polar surface area (TPSA) is 85.7 Å².